The first-order valence-corrected chi connectivity index (χ1v) is 7.70. The SMILES string of the molecule is O=C(O)C(Cc1ccccc1)C(C(Cl)(Cl)Cl)C(Cl)(Cl)Cl. The van der Waals surface area contributed by atoms with E-state index in [1.165, 1.54) is 0 Å². The van der Waals surface area contributed by atoms with Gasteiger partial charge >= 0.3 is 5.97 Å². The van der Waals surface area contributed by atoms with E-state index in [9.17, 15) is 9.90 Å². The van der Waals surface area contributed by atoms with Gasteiger partial charge in [-0.25, -0.2) is 0 Å². The smallest absolute Gasteiger partial charge is 0.307 e. The maximum Gasteiger partial charge on any atom is 0.307 e. The molecule has 0 amide bonds. The molecular weight excluding hydrogens is 389 g/mol. The molecule has 0 aliphatic carbocycles. The summed E-state index contributed by atoms with van der Waals surface area (Å²) in [7, 11) is 0. The van der Waals surface area contributed by atoms with E-state index in [-0.39, 0.29) is 6.42 Å². The fraction of sp³-hybridized carbons (Fsp3) is 0.417. The van der Waals surface area contributed by atoms with Crippen LogP contribution < -0.4 is 0 Å². The minimum Gasteiger partial charge on any atom is -0.481 e. The minimum atomic E-state index is -2.02. The van der Waals surface area contributed by atoms with Crippen molar-refractivity contribution in [3.63, 3.8) is 0 Å². The van der Waals surface area contributed by atoms with Gasteiger partial charge in [0.1, 0.15) is 0 Å². The van der Waals surface area contributed by atoms with Crippen molar-refractivity contribution >= 4 is 75.6 Å². The maximum atomic E-state index is 11.5. The lowest BCUT2D eigenvalue weighted by molar-refractivity contribution is -0.143. The number of halogens is 6. The van der Waals surface area contributed by atoms with Crippen molar-refractivity contribution in [3.8, 4) is 0 Å². The van der Waals surface area contributed by atoms with Crippen LogP contribution in [0.5, 0.6) is 0 Å². The maximum absolute atomic E-state index is 11.5. The summed E-state index contributed by atoms with van der Waals surface area (Å²) in [6, 6.07) is 8.86. The molecule has 1 N–H and O–H groups in total. The summed E-state index contributed by atoms with van der Waals surface area (Å²) in [5.74, 6) is -3.66. The number of hydrogen-bond acceptors (Lipinski definition) is 1. The van der Waals surface area contributed by atoms with E-state index in [4.69, 9.17) is 69.6 Å². The molecule has 112 valence electrons. The highest BCUT2D eigenvalue weighted by Crippen LogP contribution is 2.52. The molecule has 0 fully saturated rings. The van der Waals surface area contributed by atoms with Gasteiger partial charge in [0.15, 0.2) is 7.59 Å². The fourth-order valence-corrected chi connectivity index (χ4v) is 4.25. The molecule has 0 saturated carbocycles. The fourth-order valence-electron chi connectivity index (χ4n) is 1.86. The molecule has 20 heavy (non-hydrogen) atoms. The Labute approximate surface area is 146 Å². The summed E-state index contributed by atoms with van der Waals surface area (Å²) in [5, 5.41) is 9.38. The van der Waals surface area contributed by atoms with E-state index >= 15 is 0 Å². The van der Waals surface area contributed by atoms with Crippen molar-refractivity contribution in [2.24, 2.45) is 11.8 Å². The topological polar surface area (TPSA) is 37.3 Å². The Morgan fingerprint density at radius 2 is 1.45 bits per heavy atom. The molecule has 0 aromatic heterocycles. The average molecular weight is 399 g/mol. The van der Waals surface area contributed by atoms with Gasteiger partial charge in [-0.1, -0.05) is 99.9 Å². The third kappa shape index (κ3) is 5.32. The van der Waals surface area contributed by atoms with Crippen LogP contribution in [0.2, 0.25) is 0 Å². The highest BCUT2D eigenvalue weighted by molar-refractivity contribution is 6.72. The Balaban J connectivity index is 3.13. The number of aliphatic carboxylic acids is 1. The standard InChI is InChI=1S/C12H10Cl6O2/c13-11(14,15)9(12(16,17)18)8(10(19)20)6-7-4-2-1-3-5-7/h1-5,8-9H,6H2,(H,19,20). The molecule has 8 heteroatoms. The number of hydrogen-bond donors (Lipinski definition) is 1. The summed E-state index contributed by atoms with van der Waals surface area (Å²) >= 11 is 34.8. The van der Waals surface area contributed by atoms with Gasteiger partial charge in [0.2, 0.25) is 0 Å². The Bertz CT molecular complexity index is 437. The molecule has 0 heterocycles. The average Bonchev–Trinajstić information content (AvgIpc) is 2.25. The first-order chi connectivity index (χ1) is 9.03. The van der Waals surface area contributed by atoms with Gasteiger partial charge in [0.25, 0.3) is 0 Å². The lowest BCUT2D eigenvalue weighted by Crippen LogP contribution is -2.42. The molecule has 0 aliphatic heterocycles. The Morgan fingerprint density at radius 1 is 1.00 bits per heavy atom. The summed E-state index contributed by atoms with van der Waals surface area (Å²) in [4.78, 5) is 11.5. The van der Waals surface area contributed by atoms with Gasteiger partial charge in [-0.2, -0.15) is 0 Å². The van der Waals surface area contributed by atoms with Crippen LogP contribution >= 0.6 is 69.6 Å². The first-order valence-electron chi connectivity index (χ1n) is 5.43. The van der Waals surface area contributed by atoms with Gasteiger partial charge in [-0.15, -0.1) is 0 Å². The zero-order chi connectivity index (χ0) is 15.6. The predicted molar refractivity (Wildman–Crippen MR) is 85.3 cm³/mol. The zero-order valence-electron chi connectivity index (χ0n) is 9.87. The molecule has 0 radical (unpaired) electrons. The Hall–Kier alpha value is 0.430. The predicted octanol–water partition coefficient (Wildman–Crippen LogP) is 5.29. The Morgan fingerprint density at radius 3 is 1.80 bits per heavy atom. The molecule has 0 bridgehead atoms. The Kier molecular flexibility index (Phi) is 6.59. The molecular formula is C12H10Cl6O2. The van der Waals surface area contributed by atoms with E-state index in [2.05, 4.69) is 0 Å². The number of carbonyl (C=O) groups is 1. The lowest BCUT2D eigenvalue weighted by Gasteiger charge is -2.34. The number of rotatable bonds is 4. The van der Waals surface area contributed by atoms with Gasteiger partial charge in [0.05, 0.1) is 11.8 Å². The first kappa shape index (κ1) is 18.5. The highest BCUT2D eigenvalue weighted by atomic mass is 35.6. The molecule has 1 rings (SSSR count). The van der Waals surface area contributed by atoms with Crippen molar-refractivity contribution in [2.75, 3.05) is 0 Å². The zero-order valence-corrected chi connectivity index (χ0v) is 14.4. The number of carboxylic acid groups (broad SMARTS) is 1. The minimum absolute atomic E-state index is 0.0860. The van der Waals surface area contributed by atoms with Crippen molar-refractivity contribution in [3.05, 3.63) is 35.9 Å². The summed E-state index contributed by atoms with van der Waals surface area (Å²) in [6.45, 7) is 0. The normalized spacial score (nSPS) is 14.3. The van der Waals surface area contributed by atoms with Crippen LogP contribution in [0.1, 0.15) is 5.56 Å². The van der Waals surface area contributed by atoms with E-state index in [0.29, 0.717) is 0 Å². The lowest BCUT2D eigenvalue weighted by atomic mass is 9.88. The third-order valence-electron chi connectivity index (χ3n) is 2.72. The molecule has 0 aliphatic rings. The van der Waals surface area contributed by atoms with Crippen LogP contribution in [-0.2, 0) is 11.2 Å². The quantitative estimate of drug-likeness (QED) is 0.700. The largest absolute Gasteiger partial charge is 0.481 e. The van der Waals surface area contributed by atoms with E-state index in [0.717, 1.165) is 5.56 Å². The monoisotopic (exact) mass is 396 g/mol. The summed E-state index contributed by atoms with van der Waals surface area (Å²) < 4.78 is -4.05. The summed E-state index contributed by atoms with van der Waals surface area (Å²) in [5.41, 5.74) is 0.744. The molecule has 1 aromatic carbocycles. The van der Waals surface area contributed by atoms with Crippen LogP contribution in [0.4, 0.5) is 0 Å². The van der Waals surface area contributed by atoms with Crippen LogP contribution in [0.3, 0.4) is 0 Å². The number of alkyl halides is 6. The highest BCUT2D eigenvalue weighted by Gasteiger charge is 2.53. The van der Waals surface area contributed by atoms with Gasteiger partial charge in [0, 0.05) is 0 Å². The second-order valence-corrected chi connectivity index (χ2v) is 8.93. The second-order valence-electron chi connectivity index (χ2n) is 4.20. The van der Waals surface area contributed by atoms with E-state index in [1.807, 2.05) is 0 Å². The van der Waals surface area contributed by atoms with Gasteiger partial charge in [-0.05, 0) is 12.0 Å². The van der Waals surface area contributed by atoms with Crippen LogP contribution in [-0.4, -0.2) is 18.7 Å². The molecule has 1 aromatic rings. The molecule has 0 saturated heterocycles. The number of benzene rings is 1. The van der Waals surface area contributed by atoms with Gasteiger partial charge in [-0.3, -0.25) is 4.79 Å². The van der Waals surface area contributed by atoms with E-state index in [1.54, 1.807) is 30.3 Å². The van der Waals surface area contributed by atoms with Gasteiger partial charge < -0.3 is 5.11 Å². The second kappa shape index (κ2) is 7.13. The molecule has 2 nitrogen and oxygen atoms in total. The van der Waals surface area contributed by atoms with Crippen molar-refractivity contribution in [2.45, 2.75) is 14.0 Å². The van der Waals surface area contributed by atoms with Crippen molar-refractivity contribution in [1.29, 1.82) is 0 Å². The molecule has 1 unspecified atom stereocenters. The van der Waals surface area contributed by atoms with Crippen molar-refractivity contribution < 1.29 is 9.90 Å². The van der Waals surface area contributed by atoms with Crippen LogP contribution in [0, 0.1) is 11.8 Å². The molecule has 1 atom stereocenters. The molecule has 0 spiro atoms. The summed E-state index contributed by atoms with van der Waals surface area (Å²) in [6.07, 6.45) is 0.0860. The van der Waals surface area contributed by atoms with Crippen molar-refractivity contribution in [1.82, 2.24) is 0 Å². The van der Waals surface area contributed by atoms with E-state index < -0.39 is 25.4 Å². The van der Waals surface area contributed by atoms with Crippen LogP contribution in [0.25, 0.3) is 0 Å². The number of carboxylic acids is 1. The third-order valence-corrected chi connectivity index (χ3v) is 4.13. The van der Waals surface area contributed by atoms with Crippen LogP contribution in [0.15, 0.2) is 30.3 Å².